The minimum absolute atomic E-state index is 0.0346. The minimum atomic E-state index is -0.475. The van der Waals surface area contributed by atoms with Crippen molar-refractivity contribution in [3.63, 3.8) is 0 Å². The second kappa shape index (κ2) is 8.65. The van der Waals surface area contributed by atoms with E-state index in [1.807, 2.05) is 57.2 Å². The summed E-state index contributed by atoms with van der Waals surface area (Å²) in [6.07, 6.45) is 2.56. The molecule has 0 aliphatic carbocycles. The van der Waals surface area contributed by atoms with E-state index in [9.17, 15) is 13.6 Å². The van der Waals surface area contributed by atoms with Crippen LogP contribution in [0.15, 0.2) is 54.6 Å². The van der Waals surface area contributed by atoms with Crippen LogP contribution in [0.5, 0.6) is 0 Å². The molecule has 0 saturated heterocycles. The van der Waals surface area contributed by atoms with Gasteiger partial charge in [-0.3, -0.25) is 9.69 Å². The lowest BCUT2D eigenvalue weighted by Gasteiger charge is -2.32. The SMILES string of the molecule is CCC(C(=O)NC(C)C)N1CC(c2cc(F)ccc2F)=C[C@H]1c1ccccc1. The first-order valence-corrected chi connectivity index (χ1v) is 9.68. The molecule has 148 valence electrons. The van der Waals surface area contributed by atoms with Gasteiger partial charge in [0.2, 0.25) is 5.91 Å². The van der Waals surface area contributed by atoms with Gasteiger partial charge in [-0.25, -0.2) is 8.78 Å². The molecule has 1 aliphatic heterocycles. The van der Waals surface area contributed by atoms with E-state index in [4.69, 9.17) is 0 Å². The number of nitrogens with one attached hydrogen (secondary N) is 1. The van der Waals surface area contributed by atoms with E-state index in [0.717, 1.165) is 17.7 Å². The van der Waals surface area contributed by atoms with Crippen LogP contribution in [0.25, 0.3) is 5.57 Å². The Bertz CT molecular complexity index is 864. The first-order chi connectivity index (χ1) is 13.4. The standard InChI is InChI=1S/C23H26F2N2O/c1-4-21(23(28)26-15(2)3)27-14-17(19-13-18(24)10-11-20(19)25)12-22(27)16-8-6-5-7-9-16/h5-13,15,21-22H,4,14H2,1-3H3,(H,26,28)/t21?,22-/m0/s1. The quantitative estimate of drug-likeness (QED) is 0.782. The number of rotatable bonds is 6. The third-order valence-electron chi connectivity index (χ3n) is 5.01. The molecule has 1 amide bonds. The first-order valence-electron chi connectivity index (χ1n) is 9.68. The molecule has 1 aliphatic rings. The highest BCUT2D eigenvalue weighted by Gasteiger charge is 2.35. The fourth-order valence-corrected chi connectivity index (χ4v) is 3.75. The Morgan fingerprint density at radius 1 is 1.18 bits per heavy atom. The Morgan fingerprint density at radius 2 is 1.89 bits per heavy atom. The van der Waals surface area contributed by atoms with Gasteiger partial charge in [0.25, 0.3) is 0 Å². The van der Waals surface area contributed by atoms with Gasteiger partial charge in [-0.15, -0.1) is 0 Å². The molecule has 3 nitrogen and oxygen atoms in total. The monoisotopic (exact) mass is 384 g/mol. The van der Waals surface area contributed by atoms with Gasteiger partial charge in [0.15, 0.2) is 0 Å². The van der Waals surface area contributed by atoms with Crippen LogP contribution >= 0.6 is 0 Å². The number of carbonyl (C=O) groups excluding carboxylic acids is 1. The fourth-order valence-electron chi connectivity index (χ4n) is 3.75. The van der Waals surface area contributed by atoms with Crippen molar-refractivity contribution in [3.05, 3.63) is 77.4 Å². The van der Waals surface area contributed by atoms with Crippen LogP contribution in [0, 0.1) is 11.6 Å². The summed E-state index contributed by atoms with van der Waals surface area (Å²) in [5.74, 6) is -0.981. The van der Waals surface area contributed by atoms with Crippen LogP contribution in [0.2, 0.25) is 0 Å². The van der Waals surface area contributed by atoms with Gasteiger partial charge >= 0.3 is 0 Å². The Balaban J connectivity index is 2.00. The molecule has 1 N–H and O–H groups in total. The number of hydrogen-bond acceptors (Lipinski definition) is 2. The van der Waals surface area contributed by atoms with Gasteiger partial charge in [0.1, 0.15) is 11.6 Å². The van der Waals surface area contributed by atoms with Crippen LogP contribution in [-0.4, -0.2) is 29.4 Å². The summed E-state index contributed by atoms with van der Waals surface area (Å²) >= 11 is 0. The zero-order valence-electron chi connectivity index (χ0n) is 16.5. The van der Waals surface area contributed by atoms with E-state index in [-0.39, 0.29) is 29.6 Å². The van der Waals surface area contributed by atoms with Crippen molar-refractivity contribution >= 4 is 11.5 Å². The van der Waals surface area contributed by atoms with Crippen LogP contribution in [0.1, 0.15) is 44.4 Å². The Hall–Kier alpha value is -2.53. The zero-order chi connectivity index (χ0) is 20.3. The molecule has 28 heavy (non-hydrogen) atoms. The molecule has 2 aromatic carbocycles. The van der Waals surface area contributed by atoms with Crippen molar-refractivity contribution in [2.45, 2.75) is 45.3 Å². The number of benzene rings is 2. The number of hydrogen-bond donors (Lipinski definition) is 1. The van der Waals surface area contributed by atoms with Gasteiger partial charge in [-0.05, 0) is 49.6 Å². The lowest BCUT2D eigenvalue weighted by atomic mass is 10.0. The number of halogens is 2. The summed E-state index contributed by atoms with van der Waals surface area (Å²) < 4.78 is 28.1. The molecule has 1 unspecified atom stereocenters. The molecule has 0 fully saturated rings. The molecular formula is C23H26F2N2O. The number of carbonyl (C=O) groups is 1. The predicted octanol–water partition coefficient (Wildman–Crippen LogP) is 4.71. The smallest absolute Gasteiger partial charge is 0.237 e. The molecule has 0 aromatic heterocycles. The molecule has 5 heteroatoms. The second-order valence-electron chi connectivity index (χ2n) is 7.43. The molecule has 3 rings (SSSR count). The lowest BCUT2D eigenvalue weighted by molar-refractivity contribution is -0.127. The largest absolute Gasteiger partial charge is 0.353 e. The average molecular weight is 384 g/mol. The van der Waals surface area contributed by atoms with Crippen LogP contribution in [0.3, 0.4) is 0 Å². The summed E-state index contributed by atoms with van der Waals surface area (Å²) in [5, 5.41) is 2.98. The van der Waals surface area contributed by atoms with Gasteiger partial charge < -0.3 is 5.32 Å². The topological polar surface area (TPSA) is 32.3 Å². The van der Waals surface area contributed by atoms with Gasteiger partial charge in [-0.1, -0.05) is 43.3 Å². The van der Waals surface area contributed by atoms with E-state index in [2.05, 4.69) is 10.2 Å². The lowest BCUT2D eigenvalue weighted by Crippen LogP contribution is -2.48. The molecular weight excluding hydrogens is 358 g/mol. The highest BCUT2D eigenvalue weighted by Crippen LogP contribution is 2.37. The molecule has 0 bridgehead atoms. The number of amides is 1. The number of nitrogens with zero attached hydrogens (tertiary/aromatic N) is 1. The van der Waals surface area contributed by atoms with Crippen molar-refractivity contribution in [1.82, 2.24) is 10.2 Å². The minimum Gasteiger partial charge on any atom is -0.353 e. The Labute approximate surface area is 165 Å². The highest BCUT2D eigenvalue weighted by molar-refractivity contribution is 5.83. The van der Waals surface area contributed by atoms with Crippen LogP contribution in [-0.2, 0) is 4.79 Å². The highest BCUT2D eigenvalue weighted by atomic mass is 19.1. The maximum atomic E-state index is 14.4. The Morgan fingerprint density at radius 3 is 2.54 bits per heavy atom. The fraction of sp³-hybridized carbons (Fsp3) is 0.348. The predicted molar refractivity (Wildman–Crippen MR) is 108 cm³/mol. The van der Waals surface area contributed by atoms with Crippen LogP contribution < -0.4 is 5.32 Å². The normalized spacial score (nSPS) is 18.2. The molecule has 0 spiro atoms. The molecule has 1 heterocycles. The van der Waals surface area contributed by atoms with Crippen molar-refractivity contribution in [1.29, 1.82) is 0 Å². The second-order valence-corrected chi connectivity index (χ2v) is 7.43. The zero-order valence-corrected chi connectivity index (χ0v) is 16.5. The van der Waals surface area contributed by atoms with Crippen molar-refractivity contribution in [2.24, 2.45) is 0 Å². The van der Waals surface area contributed by atoms with Crippen molar-refractivity contribution < 1.29 is 13.6 Å². The van der Waals surface area contributed by atoms with E-state index in [1.165, 1.54) is 6.07 Å². The van der Waals surface area contributed by atoms with Crippen LogP contribution in [0.4, 0.5) is 8.78 Å². The van der Waals surface area contributed by atoms with Gasteiger partial charge in [-0.2, -0.15) is 0 Å². The van der Waals surface area contributed by atoms with Crippen molar-refractivity contribution in [3.8, 4) is 0 Å². The third kappa shape index (κ3) is 4.30. The third-order valence-corrected chi connectivity index (χ3v) is 5.01. The summed E-state index contributed by atoms with van der Waals surface area (Å²) in [4.78, 5) is 14.9. The maximum absolute atomic E-state index is 14.4. The molecule has 0 radical (unpaired) electrons. The van der Waals surface area contributed by atoms with E-state index in [0.29, 0.717) is 18.5 Å². The molecule has 2 aromatic rings. The van der Waals surface area contributed by atoms with E-state index in [1.54, 1.807) is 0 Å². The summed E-state index contributed by atoms with van der Waals surface area (Å²) in [7, 11) is 0. The van der Waals surface area contributed by atoms with E-state index >= 15 is 0 Å². The summed E-state index contributed by atoms with van der Waals surface area (Å²) in [6, 6.07) is 12.8. The summed E-state index contributed by atoms with van der Waals surface area (Å²) in [6.45, 7) is 6.20. The molecule has 0 saturated carbocycles. The van der Waals surface area contributed by atoms with Gasteiger partial charge in [0.05, 0.1) is 12.1 Å². The Kier molecular flexibility index (Phi) is 6.25. The first kappa shape index (κ1) is 20.2. The van der Waals surface area contributed by atoms with E-state index < -0.39 is 11.6 Å². The average Bonchev–Trinajstić information content (AvgIpc) is 3.09. The maximum Gasteiger partial charge on any atom is 0.237 e. The summed E-state index contributed by atoms with van der Waals surface area (Å²) in [5.41, 5.74) is 1.97. The van der Waals surface area contributed by atoms with Crippen molar-refractivity contribution in [2.75, 3.05) is 6.54 Å². The van der Waals surface area contributed by atoms with Gasteiger partial charge in [0, 0.05) is 18.2 Å². The molecule has 2 atom stereocenters.